The number of fused-ring (bicyclic) bond motifs is 2. The van der Waals surface area contributed by atoms with Crippen LogP contribution in [0.4, 0.5) is 5.69 Å². The number of nitriles is 1. The number of rotatable bonds is 9. The Morgan fingerprint density at radius 1 is 1.29 bits per heavy atom. The van der Waals surface area contributed by atoms with Gasteiger partial charge in [-0.2, -0.15) is 10.4 Å². The van der Waals surface area contributed by atoms with E-state index in [0.717, 1.165) is 71.0 Å². The van der Waals surface area contributed by atoms with Gasteiger partial charge >= 0.3 is 0 Å². The van der Waals surface area contributed by atoms with Crippen LogP contribution in [0.3, 0.4) is 0 Å². The van der Waals surface area contributed by atoms with Gasteiger partial charge in [-0.25, -0.2) is 14.6 Å². The minimum atomic E-state index is -1.17. The first-order chi connectivity index (χ1) is 18.3. The minimum absolute atomic E-state index is 0.00483. The molecule has 3 heterocycles. The largest absolute Gasteiger partial charge is 0.480 e. The Hall–Kier alpha value is -3.68. The van der Waals surface area contributed by atoms with Crippen LogP contribution < -0.4 is 10.1 Å². The minimum Gasteiger partial charge on any atom is -0.480 e. The Labute approximate surface area is 223 Å². The van der Waals surface area contributed by atoms with Crippen LogP contribution in [-0.2, 0) is 17.9 Å². The fraction of sp³-hybridized carbons (Fsp3) is 0.429. The molecule has 0 spiro atoms. The first-order valence-corrected chi connectivity index (χ1v) is 16.7. The third-order valence-electron chi connectivity index (χ3n) is 7.09. The molecule has 1 N–H and O–H groups in total. The zero-order valence-corrected chi connectivity index (χ0v) is 23.7. The molecule has 9 nitrogen and oxygen atoms in total. The summed E-state index contributed by atoms with van der Waals surface area (Å²) in [6.07, 6.45) is 5.96. The molecule has 0 radical (unpaired) electrons. The molecule has 10 heteroatoms. The second kappa shape index (κ2) is 10.6. The number of hydrogen-bond donors (Lipinski definition) is 1. The van der Waals surface area contributed by atoms with Crippen LogP contribution in [0.5, 0.6) is 5.88 Å². The van der Waals surface area contributed by atoms with E-state index in [1.165, 1.54) is 6.39 Å². The molecule has 1 unspecified atom stereocenters. The van der Waals surface area contributed by atoms with Gasteiger partial charge < -0.3 is 19.2 Å². The molecule has 0 aliphatic heterocycles. The molecule has 0 fully saturated rings. The molecule has 1 aliphatic rings. The van der Waals surface area contributed by atoms with Crippen LogP contribution in [0, 0.1) is 18.3 Å². The molecule has 3 aromatic heterocycles. The van der Waals surface area contributed by atoms with Gasteiger partial charge in [-0.15, -0.1) is 0 Å². The monoisotopic (exact) mass is 530 g/mol. The van der Waals surface area contributed by atoms with Gasteiger partial charge in [-0.1, -0.05) is 19.6 Å². The average Bonchev–Trinajstić information content (AvgIpc) is 3.54. The van der Waals surface area contributed by atoms with Gasteiger partial charge in [-0.05, 0) is 61.6 Å². The van der Waals surface area contributed by atoms with Crippen molar-refractivity contribution in [1.82, 2.24) is 19.7 Å². The van der Waals surface area contributed by atoms with Crippen LogP contribution in [-0.4, -0.2) is 41.5 Å². The van der Waals surface area contributed by atoms with Crippen molar-refractivity contribution in [2.75, 3.05) is 19.0 Å². The third kappa shape index (κ3) is 5.17. The Morgan fingerprint density at radius 3 is 2.84 bits per heavy atom. The van der Waals surface area contributed by atoms with Gasteiger partial charge in [0.1, 0.15) is 24.1 Å². The quantitative estimate of drug-likeness (QED) is 0.205. The second-order valence-corrected chi connectivity index (χ2v) is 16.6. The first kappa shape index (κ1) is 25.9. The van der Waals surface area contributed by atoms with Crippen LogP contribution in [0.1, 0.15) is 41.3 Å². The van der Waals surface area contributed by atoms with Crippen molar-refractivity contribution in [2.45, 2.75) is 64.6 Å². The van der Waals surface area contributed by atoms with Crippen LogP contribution >= 0.6 is 0 Å². The third-order valence-corrected chi connectivity index (χ3v) is 8.80. The topological polar surface area (TPSA) is 111 Å². The molecule has 0 amide bonds. The van der Waals surface area contributed by atoms with Crippen molar-refractivity contribution < 1.29 is 13.9 Å². The summed E-state index contributed by atoms with van der Waals surface area (Å²) in [5, 5.41) is 19.1. The van der Waals surface area contributed by atoms with E-state index >= 15 is 0 Å². The van der Waals surface area contributed by atoms with E-state index in [1.807, 2.05) is 11.6 Å². The molecule has 0 bridgehead atoms. The van der Waals surface area contributed by atoms with E-state index in [4.69, 9.17) is 24.0 Å². The maximum absolute atomic E-state index is 9.63. The zero-order chi connectivity index (χ0) is 26.9. The number of anilines is 1. The second-order valence-electron chi connectivity index (χ2n) is 11.0. The number of hydrogen-bond acceptors (Lipinski definition) is 8. The van der Waals surface area contributed by atoms with Crippen molar-refractivity contribution in [3.05, 3.63) is 53.2 Å². The lowest BCUT2D eigenvalue weighted by atomic mass is 9.87. The van der Waals surface area contributed by atoms with E-state index in [1.54, 1.807) is 13.3 Å². The lowest BCUT2D eigenvalue weighted by Crippen LogP contribution is -2.22. The normalized spacial score (nSPS) is 15.3. The van der Waals surface area contributed by atoms with Gasteiger partial charge in [0.2, 0.25) is 5.88 Å². The summed E-state index contributed by atoms with van der Waals surface area (Å²) in [4.78, 5) is 8.86. The predicted molar refractivity (Wildman–Crippen MR) is 149 cm³/mol. The van der Waals surface area contributed by atoms with Gasteiger partial charge in [0, 0.05) is 25.8 Å². The highest BCUT2D eigenvalue weighted by molar-refractivity contribution is 6.76. The van der Waals surface area contributed by atoms with E-state index in [9.17, 15) is 5.26 Å². The lowest BCUT2D eigenvalue weighted by molar-refractivity contribution is 0.0818. The Bertz CT molecular complexity index is 1480. The number of oxazole rings is 1. The molecule has 0 saturated carbocycles. The van der Waals surface area contributed by atoms with Crippen molar-refractivity contribution in [3.8, 4) is 23.4 Å². The molecule has 1 atom stereocenters. The van der Waals surface area contributed by atoms with Gasteiger partial charge in [0.15, 0.2) is 12.2 Å². The van der Waals surface area contributed by atoms with Gasteiger partial charge in [-0.3, -0.25) is 0 Å². The summed E-state index contributed by atoms with van der Waals surface area (Å²) in [7, 11) is 0.389. The molecular formula is C28H34N6O3Si. The summed E-state index contributed by atoms with van der Waals surface area (Å²) < 4.78 is 19.0. The Morgan fingerprint density at radius 2 is 2.13 bits per heavy atom. The Balaban J connectivity index is 1.46. The fourth-order valence-corrected chi connectivity index (χ4v) is 5.75. The van der Waals surface area contributed by atoms with E-state index in [0.29, 0.717) is 23.9 Å². The molecule has 38 heavy (non-hydrogen) atoms. The molecule has 198 valence electrons. The SMILES string of the molecule is COc1nc2c(c(C)c1C#N)CCCC2Nc1ccc2c(c1)c(-c1cnco1)nn2COCC[Si](C)(C)C. The van der Waals surface area contributed by atoms with Crippen LogP contribution in [0.2, 0.25) is 25.7 Å². The maximum atomic E-state index is 9.63. The summed E-state index contributed by atoms with van der Waals surface area (Å²) in [6.45, 7) is 10.1. The van der Waals surface area contributed by atoms with Gasteiger partial charge in [0.25, 0.3) is 0 Å². The standard InChI is InChI=1S/C28H34N6O3Si/c1-18-20-7-6-8-23(26(20)32-28(35-2)22(18)14-29)31-19-9-10-24-21(13-19)27(25-15-30-16-37-25)33-34(24)17-36-11-12-38(3,4)5/h9-10,13,15-16,23,31H,6-8,11-12,17H2,1-5H3. The summed E-state index contributed by atoms with van der Waals surface area (Å²) in [5.41, 5.74) is 6.22. The number of benzene rings is 1. The number of aromatic nitrogens is 4. The van der Waals surface area contributed by atoms with Crippen LogP contribution in [0.25, 0.3) is 22.4 Å². The molecule has 1 aromatic carbocycles. The average molecular weight is 531 g/mol. The van der Waals surface area contributed by atoms with Crippen molar-refractivity contribution >= 4 is 24.7 Å². The lowest BCUT2D eigenvalue weighted by Gasteiger charge is -2.28. The van der Waals surface area contributed by atoms with Gasteiger partial charge in [0.05, 0.1) is 30.6 Å². The van der Waals surface area contributed by atoms with E-state index in [-0.39, 0.29) is 6.04 Å². The number of nitrogens with zero attached hydrogens (tertiary/aromatic N) is 5. The number of ether oxygens (including phenoxy) is 2. The predicted octanol–water partition coefficient (Wildman–Crippen LogP) is 6.08. The van der Waals surface area contributed by atoms with Crippen molar-refractivity contribution in [3.63, 3.8) is 0 Å². The summed E-state index contributed by atoms with van der Waals surface area (Å²) >= 11 is 0. The zero-order valence-electron chi connectivity index (χ0n) is 22.7. The molecule has 1 aliphatic carbocycles. The summed E-state index contributed by atoms with van der Waals surface area (Å²) in [6, 6.07) is 9.59. The molecule has 0 saturated heterocycles. The van der Waals surface area contributed by atoms with E-state index < -0.39 is 8.07 Å². The van der Waals surface area contributed by atoms with Crippen molar-refractivity contribution in [1.29, 1.82) is 5.26 Å². The molecule has 4 aromatic rings. The molecular weight excluding hydrogens is 496 g/mol. The number of pyridine rings is 1. The van der Waals surface area contributed by atoms with Crippen molar-refractivity contribution in [2.24, 2.45) is 0 Å². The smallest absolute Gasteiger partial charge is 0.231 e. The number of nitrogens with one attached hydrogen (secondary N) is 1. The highest BCUT2D eigenvalue weighted by Gasteiger charge is 2.27. The number of methoxy groups -OCH3 is 1. The van der Waals surface area contributed by atoms with E-state index in [2.05, 4.69) is 54.2 Å². The molecule has 5 rings (SSSR count). The maximum Gasteiger partial charge on any atom is 0.231 e. The highest BCUT2D eigenvalue weighted by atomic mass is 28.3. The Kier molecular flexibility index (Phi) is 7.23. The fourth-order valence-electron chi connectivity index (χ4n) is 4.99. The van der Waals surface area contributed by atoms with Crippen LogP contribution in [0.15, 0.2) is 35.2 Å². The highest BCUT2D eigenvalue weighted by Crippen LogP contribution is 2.38. The first-order valence-electron chi connectivity index (χ1n) is 13.0. The summed E-state index contributed by atoms with van der Waals surface area (Å²) in [5.74, 6) is 0.998.